The zero-order valence-electron chi connectivity index (χ0n) is 17.5. The highest BCUT2D eigenvalue weighted by atomic mass is 32.2. The molecule has 0 aromatic carbocycles. The Bertz CT molecular complexity index is 1220. The fraction of sp³-hybridized carbons (Fsp3) is 0.409. The summed E-state index contributed by atoms with van der Waals surface area (Å²) in [7, 11) is -3.24. The summed E-state index contributed by atoms with van der Waals surface area (Å²) < 4.78 is 24.0. The number of rotatable bonds is 5. The number of aryl methyl sites for hydroxylation is 1. The number of piperidine rings is 1. The lowest BCUT2D eigenvalue weighted by atomic mass is 9.99. The number of amides is 1. The molecule has 30 heavy (non-hydrogen) atoms. The first-order chi connectivity index (χ1) is 14.2. The molecule has 3 aromatic heterocycles. The van der Waals surface area contributed by atoms with Crippen molar-refractivity contribution in [2.45, 2.75) is 51.3 Å². The van der Waals surface area contributed by atoms with Crippen LogP contribution in [0.25, 0.3) is 22.4 Å². The van der Waals surface area contributed by atoms with Crippen molar-refractivity contribution in [1.29, 1.82) is 0 Å². The molecule has 8 heteroatoms. The molecule has 0 radical (unpaired) electrons. The minimum absolute atomic E-state index is 0.0349. The molecule has 0 unspecified atom stereocenters. The van der Waals surface area contributed by atoms with Gasteiger partial charge in [0.1, 0.15) is 5.82 Å². The van der Waals surface area contributed by atoms with Gasteiger partial charge in [-0.3, -0.25) is 9.69 Å². The molecule has 0 saturated carbocycles. The summed E-state index contributed by atoms with van der Waals surface area (Å²) in [5.41, 5.74) is 4.59. The number of carbonyl (C=O) groups is 1. The van der Waals surface area contributed by atoms with E-state index in [2.05, 4.69) is 11.9 Å². The van der Waals surface area contributed by atoms with Gasteiger partial charge in [-0.15, -0.1) is 0 Å². The molecule has 3 aromatic rings. The third-order valence-corrected chi connectivity index (χ3v) is 6.31. The Morgan fingerprint density at radius 3 is 2.70 bits per heavy atom. The molecule has 1 atom stereocenters. The molecule has 1 aliphatic rings. The molecule has 158 valence electrons. The van der Waals surface area contributed by atoms with Gasteiger partial charge in [0.2, 0.25) is 5.91 Å². The summed E-state index contributed by atoms with van der Waals surface area (Å²) in [6.07, 6.45) is 4.31. The third-order valence-electron chi connectivity index (χ3n) is 5.45. The molecule has 1 saturated heterocycles. The number of H-pyrrole nitrogens is 1. The molecule has 1 aliphatic heterocycles. The Hall–Kier alpha value is -2.74. The van der Waals surface area contributed by atoms with Crippen molar-refractivity contribution in [2.24, 2.45) is 0 Å². The average molecular weight is 427 g/mol. The fourth-order valence-corrected chi connectivity index (χ4v) is 4.91. The highest BCUT2D eigenvalue weighted by Gasteiger charge is 2.29. The number of nitrogens with zero attached hydrogens (tertiary/aromatic N) is 3. The summed E-state index contributed by atoms with van der Waals surface area (Å²) in [6.45, 7) is 4.03. The van der Waals surface area contributed by atoms with Crippen LogP contribution in [-0.2, 0) is 20.4 Å². The summed E-state index contributed by atoms with van der Waals surface area (Å²) in [6, 6.07) is 9.33. The minimum Gasteiger partial charge on any atom is -0.357 e. The van der Waals surface area contributed by atoms with Gasteiger partial charge in [-0.25, -0.2) is 18.4 Å². The zero-order chi connectivity index (χ0) is 21.5. The molecule has 0 aliphatic carbocycles. The van der Waals surface area contributed by atoms with Crippen LogP contribution in [-0.4, -0.2) is 41.6 Å². The lowest BCUT2D eigenvalue weighted by molar-refractivity contribution is -0.120. The molecule has 0 bridgehead atoms. The van der Waals surface area contributed by atoms with Gasteiger partial charge in [0.15, 0.2) is 9.84 Å². The van der Waals surface area contributed by atoms with Crippen LogP contribution in [0.4, 0.5) is 5.82 Å². The highest BCUT2D eigenvalue weighted by molar-refractivity contribution is 7.89. The first kappa shape index (κ1) is 20.5. The monoisotopic (exact) mass is 426 g/mol. The molecular formula is C22H26N4O3S. The van der Waals surface area contributed by atoms with Crippen molar-refractivity contribution in [3.8, 4) is 11.4 Å². The van der Waals surface area contributed by atoms with Crippen LogP contribution >= 0.6 is 0 Å². The molecule has 1 fully saturated rings. The summed E-state index contributed by atoms with van der Waals surface area (Å²) in [5.74, 6) is 0.433. The van der Waals surface area contributed by atoms with Gasteiger partial charge in [0.05, 0.1) is 28.2 Å². The van der Waals surface area contributed by atoms with Gasteiger partial charge in [-0.2, -0.15) is 0 Å². The van der Waals surface area contributed by atoms with Crippen molar-refractivity contribution in [3.05, 3.63) is 41.6 Å². The van der Waals surface area contributed by atoms with Crippen molar-refractivity contribution in [2.75, 3.05) is 11.2 Å². The van der Waals surface area contributed by atoms with E-state index in [0.29, 0.717) is 29.2 Å². The van der Waals surface area contributed by atoms with Crippen molar-refractivity contribution in [3.63, 3.8) is 0 Å². The van der Waals surface area contributed by atoms with Crippen molar-refractivity contribution in [1.82, 2.24) is 15.0 Å². The van der Waals surface area contributed by atoms with E-state index in [0.717, 1.165) is 36.0 Å². The van der Waals surface area contributed by atoms with Gasteiger partial charge in [-0.1, -0.05) is 6.92 Å². The van der Waals surface area contributed by atoms with Crippen molar-refractivity contribution < 1.29 is 13.2 Å². The normalized spacial score (nSPS) is 17.6. The lowest BCUT2D eigenvalue weighted by Crippen LogP contribution is -2.44. The molecule has 1 amide bonds. The Balaban J connectivity index is 1.85. The maximum Gasteiger partial charge on any atom is 0.228 e. The zero-order valence-corrected chi connectivity index (χ0v) is 18.3. The Labute approximate surface area is 176 Å². The van der Waals surface area contributed by atoms with Crippen LogP contribution in [0.3, 0.4) is 0 Å². The molecular weight excluding hydrogens is 400 g/mol. The van der Waals surface area contributed by atoms with E-state index >= 15 is 0 Å². The number of nitrogens with one attached hydrogen (secondary N) is 1. The molecule has 7 nitrogen and oxygen atoms in total. The van der Waals surface area contributed by atoms with E-state index in [-0.39, 0.29) is 17.7 Å². The van der Waals surface area contributed by atoms with Gasteiger partial charge < -0.3 is 4.98 Å². The SMILES string of the molecule is CC[C@H]1CCCC(=O)N1c1cc(CS(C)(=O)=O)cc(-c2ccc3[nH]c(C)cc3n2)n1. The fourth-order valence-electron chi connectivity index (χ4n) is 4.14. The van der Waals surface area contributed by atoms with Crippen LogP contribution in [0.5, 0.6) is 0 Å². The Morgan fingerprint density at radius 2 is 1.97 bits per heavy atom. The number of sulfone groups is 1. The van der Waals surface area contributed by atoms with Gasteiger partial charge in [0, 0.05) is 24.4 Å². The number of fused-ring (bicyclic) bond motifs is 1. The van der Waals surface area contributed by atoms with Crippen LogP contribution < -0.4 is 4.90 Å². The summed E-state index contributed by atoms with van der Waals surface area (Å²) in [4.78, 5) is 27.2. The second kappa shape index (κ2) is 7.83. The third kappa shape index (κ3) is 4.23. The second-order valence-electron chi connectivity index (χ2n) is 8.09. The maximum absolute atomic E-state index is 12.7. The van der Waals surface area contributed by atoms with Crippen LogP contribution in [0.2, 0.25) is 0 Å². The first-order valence-electron chi connectivity index (χ1n) is 10.2. The summed E-state index contributed by atoms with van der Waals surface area (Å²) >= 11 is 0. The minimum atomic E-state index is -3.24. The number of aromatic amines is 1. The maximum atomic E-state index is 12.7. The quantitative estimate of drug-likeness (QED) is 0.670. The number of carbonyl (C=O) groups excluding carboxylic acids is 1. The Kier molecular flexibility index (Phi) is 5.36. The lowest BCUT2D eigenvalue weighted by Gasteiger charge is -2.34. The van der Waals surface area contributed by atoms with Gasteiger partial charge in [-0.05, 0) is 62.1 Å². The standard InChI is InChI=1S/C22H26N4O3S/c1-4-16-6-5-7-22(27)26(16)21-12-15(13-30(3,28)29)11-20(25-21)18-9-8-17-19(24-18)10-14(2)23-17/h8-12,16,23H,4-7,13H2,1-3H3/t16-/m0/s1. The van der Waals surface area contributed by atoms with Gasteiger partial charge >= 0.3 is 0 Å². The van der Waals surface area contributed by atoms with Crippen LogP contribution in [0, 0.1) is 6.92 Å². The highest BCUT2D eigenvalue weighted by Crippen LogP contribution is 2.30. The number of anilines is 1. The average Bonchev–Trinajstić information content (AvgIpc) is 3.05. The van der Waals surface area contributed by atoms with Gasteiger partial charge in [0.25, 0.3) is 0 Å². The smallest absolute Gasteiger partial charge is 0.228 e. The number of hydrogen-bond acceptors (Lipinski definition) is 5. The van der Waals surface area contributed by atoms with E-state index in [1.165, 1.54) is 6.26 Å². The van der Waals surface area contributed by atoms with E-state index in [4.69, 9.17) is 9.97 Å². The van der Waals surface area contributed by atoms with Crippen LogP contribution in [0.15, 0.2) is 30.3 Å². The number of pyridine rings is 2. The largest absolute Gasteiger partial charge is 0.357 e. The van der Waals surface area contributed by atoms with E-state index in [9.17, 15) is 13.2 Å². The second-order valence-corrected chi connectivity index (χ2v) is 10.2. The molecule has 4 heterocycles. The Morgan fingerprint density at radius 1 is 1.17 bits per heavy atom. The number of hydrogen-bond donors (Lipinski definition) is 1. The molecule has 0 spiro atoms. The topological polar surface area (TPSA) is 96.0 Å². The molecule has 1 N–H and O–H groups in total. The summed E-state index contributed by atoms with van der Waals surface area (Å²) in [5, 5.41) is 0. The van der Waals surface area contributed by atoms with Crippen molar-refractivity contribution >= 4 is 32.6 Å². The first-order valence-corrected chi connectivity index (χ1v) is 12.3. The predicted octanol–water partition coefficient (Wildman–Crippen LogP) is 3.77. The van der Waals surface area contributed by atoms with E-state index in [1.54, 1.807) is 17.0 Å². The van der Waals surface area contributed by atoms with Crippen LogP contribution in [0.1, 0.15) is 43.9 Å². The van der Waals surface area contributed by atoms with E-state index in [1.807, 2.05) is 25.1 Å². The molecule has 4 rings (SSSR count). The van der Waals surface area contributed by atoms with E-state index < -0.39 is 9.84 Å². The predicted molar refractivity (Wildman–Crippen MR) is 118 cm³/mol. The number of aromatic nitrogens is 3.